The minimum absolute atomic E-state index is 0.0605. The number of piperidine rings is 3. The number of alkyl halides is 1. The van der Waals surface area contributed by atoms with Crippen LogP contribution in [-0.4, -0.2) is 100 Å². The van der Waals surface area contributed by atoms with Crippen molar-refractivity contribution < 1.29 is 23.9 Å². The number of fused-ring (bicyclic) bond motifs is 1. The summed E-state index contributed by atoms with van der Waals surface area (Å²) in [4.78, 5) is 46.0. The summed E-state index contributed by atoms with van der Waals surface area (Å²) in [7, 11) is 0. The van der Waals surface area contributed by atoms with Crippen LogP contribution >= 0.6 is 0 Å². The first-order valence-electron chi connectivity index (χ1n) is 22.7. The molecule has 5 fully saturated rings. The molecule has 1 saturated carbocycles. The summed E-state index contributed by atoms with van der Waals surface area (Å²) in [6.45, 7) is 6.61. The first kappa shape index (κ1) is 42.3. The summed E-state index contributed by atoms with van der Waals surface area (Å²) >= 11 is 0. The SMILES string of the molecule is Cc1cc(C(=O)N2CCC(F)(CN3CCC(n4cc(C5CC5)c5cc(N6CCC(=O)NC6=O)ccc54)CC3)CC2)ccc1C1CCCN(C(/C=C(\N)c2ccccc2O)=C(N)N)C1. The molecule has 4 aliphatic heterocycles. The Balaban J connectivity index is 0.787. The molecule has 3 aromatic carbocycles. The minimum Gasteiger partial charge on any atom is -0.507 e. The minimum atomic E-state index is -1.35. The lowest BCUT2D eigenvalue weighted by Gasteiger charge is -2.41. The lowest BCUT2D eigenvalue weighted by Crippen LogP contribution is -2.51. The van der Waals surface area contributed by atoms with E-state index < -0.39 is 5.67 Å². The van der Waals surface area contributed by atoms with Gasteiger partial charge in [-0.15, -0.1) is 0 Å². The van der Waals surface area contributed by atoms with E-state index in [1.165, 1.54) is 29.4 Å². The molecule has 9 rings (SSSR count). The molecule has 14 heteroatoms. The number of rotatable bonds is 10. The van der Waals surface area contributed by atoms with Gasteiger partial charge in [0, 0.05) is 123 Å². The third-order valence-electron chi connectivity index (χ3n) is 14.2. The molecule has 0 radical (unpaired) electrons. The Morgan fingerprint density at radius 3 is 2.33 bits per heavy atom. The second-order valence-corrected chi connectivity index (χ2v) is 18.5. The quantitative estimate of drug-likeness (QED) is 0.111. The predicted molar refractivity (Wildman–Crippen MR) is 244 cm³/mol. The molecule has 4 amide bonds. The summed E-state index contributed by atoms with van der Waals surface area (Å²) in [5, 5.41) is 13.9. The number of para-hydroxylation sites is 1. The van der Waals surface area contributed by atoms with Crippen LogP contribution in [0.1, 0.15) is 108 Å². The molecule has 13 nitrogen and oxygen atoms in total. The molecule has 0 bridgehead atoms. The van der Waals surface area contributed by atoms with E-state index in [9.17, 15) is 19.5 Å². The number of nitrogens with zero attached hydrogens (tertiary/aromatic N) is 5. The number of anilines is 1. The van der Waals surface area contributed by atoms with E-state index in [0.717, 1.165) is 62.1 Å². The summed E-state index contributed by atoms with van der Waals surface area (Å²) < 4.78 is 18.9. The van der Waals surface area contributed by atoms with Gasteiger partial charge in [-0.3, -0.25) is 19.8 Å². The van der Waals surface area contributed by atoms with Crippen LogP contribution in [0.2, 0.25) is 0 Å². The highest BCUT2D eigenvalue weighted by Crippen LogP contribution is 2.46. The second-order valence-electron chi connectivity index (χ2n) is 18.5. The van der Waals surface area contributed by atoms with Gasteiger partial charge in [0.1, 0.15) is 17.2 Å². The summed E-state index contributed by atoms with van der Waals surface area (Å²) in [5.41, 5.74) is 25.0. The number of aryl methyl sites for hydroxylation is 1. The van der Waals surface area contributed by atoms with Gasteiger partial charge in [0.25, 0.3) is 5.91 Å². The number of halogens is 1. The Morgan fingerprint density at radius 1 is 0.873 bits per heavy atom. The van der Waals surface area contributed by atoms with Crippen molar-refractivity contribution in [1.82, 2.24) is 24.6 Å². The fourth-order valence-corrected chi connectivity index (χ4v) is 10.5. The number of phenols is 1. The van der Waals surface area contributed by atoms with Crippen molar-refractivity contribution in [1.29, 1.82) is 0 Å². The van der Waals surface area contributed by atoms with Gasteiger partial charge in [-0.1, -0.05) is 18.2 Å². The Kier molecular flexibility index (Phi) is 11.6. The van der Waals surface area contributed by atoms with E-state index in [2.05, 4.69) is 44.1 Å². The molecular weight excluding hydrogens is 798 g/mol. The first-order chi connectivity index (χ1) is 30.3. The van der Waals surface area contributed by atoms with E-state index in [1.54, 1.807) is 34.1 Å². The van der Waals surface area contributed by atoms with Crippen LogP contribution < -0.4 is 27.4 Å². The maximum absolute atomic E-state index is 16.5. The molecule has 1 unspecified atom stereocenters. The topological polar surface area (TPSA) is 179 Å². The first-order valence-corrected chi connectivity index (χ1v) is 22.7. The summed E-state index contributed by atoms with van der Waals surface area (Å²) in [6, 6.07) is 19.0. The molecule has 5 aliphatic rings. The van der Waals surface area contributed by atoms with Crippen molar-refractivity contribution >= 4 is 40.1 Å². The average Bonchev–Trinajstić information content (AvgIpc) is 4.05. The van der Waals surface area contributed by atoms with Crippen LogP contribution in [0.5, 0.6) is 5.75 Å². The maximum Gasteiger partial charge on any atom is 0.328 e. The number of urea groups is 1. The Labute approximate surface area is 368 Å². The number of aromatic hydroxyl groups is 1. The van der Waals surface area contributed by atoms with Crippen molar-refractivity contribution in [3.8, 4) is 5.75 Å². The highest BCUT2D eigenvalue weighted by molar-refractivity contribution is 6.06. The number of carbonyl (C=O) groups excluding carboxylic acids is 3. The summed E-state index contributed by atoms with van der Waals surface area (Å²) in [5.74, 6) is 0.657. The number of imide groups is 1. The molecule has 8 N–H and O–H groups in total. The standard InChI is InChI=1S/C49H60FN9O4/c1-31-25-33(10-12-37(31)34-5-4-19-57(28-34)43(46(52)53)27-41(51)38-6-2-3-7-44(38)60)47(62)56-23-17-49(50,18-24-56)30-55-20-14-35(15-21-55)59-29-40(32-8-9-32)39-26-36(11-13-42(39)59)58-22-16-45(61)54-48(58)63/h2-3,6-7,10-13,25-27,29,32,34-35,60H,4-5,8-9,14-24,28,30,51-53H2,1H3,(H,54,61,63)/b41-27-. The fraction of sp³-hybridized carbons (Fsp3) is 0.449. The van der Waals surface area contributed by atoms with E-state index in [0.29, 0.717) is 86.5 Å². The van der Waals surface area contributed by atoms with E-state index in [1.807, 2.05) is 31.2 Å². The predicted octanol–water partition coefficient (Wildman–Crippen LogP) is 6.53. The molecule has 5 heterocycles. The molecule has 0 spiro atoms. The number of amides is 4. The number of nitrogens with one attached hydrogen (secondary N) is 1. The van der Waals surface area contributed by atoms with Gasteiger partial charge in [-0.25, -0.2) is 9.18 Å². The molecular formula is C49H60FN9O4. The molecule has 1 aromatic heterocycles. The number of benzene rings is 3. The second kappa shape index (κ2) is 17.3. The maximum atomic E-state index is 16.5. The zero-order chi connectivity index (χ0) is 44.0. The third-order valence-corrected chi connectivity index (χ3v) is 14.2. The van der Waals surface area contributed by atoms with Crippen molar-refractivity contribution in [2.75, 3.05) is 57.3 Å². The van der Waals surface area contributed by atoms with Crippen LogP contribution in [0.4, 0.5) is 14.9 Å². The number of hydrogen-bond acceptors (Lipinski definition) is 9. The molecule has 1 aliphatic carbocycles. The van der Waals surface area contributed by atoms with Gasteiger partial charge < -0.3 is 41.6 Å². The van der Waals surface area contributed by atoms with Gasteiger partial charge in [-0.2, -0.15) is 0 Å². The van der Waals surface area contributed by atoms with Crippen LogP contribution in [0.25, 0.3) is 16.6 Å². The van der Waals surface area contributed by atoms with Crippen molar-refractivity contribution in [2.24, 2.45) is 17.2 Å². The van der Waals surface area contributed by atoms with Gasteiger partial charge in [0.05, 0.1) is 5.70 Å². The number of likely N-dealkylation sites (tertiary alicyclic amines) is 3. The van der Waals surface area contributed by atoms with E-state index >= 15 is 4.39 Å². The lowest BCUT2D eigenvalue weighted by molar-refractivity contribution is -0.120. The molecule has 4 saturated heterocycles. The van der Waals surface area contributed by atoms with Gasteiger partial charge in [0.15, 0.2) is 0 Å². The van der Waals surface area contributed by atoms with Gasteiger partial charge >= 0.3 is 6.03 Å². The van der Waals surface area contributed by atoms with Gasteiger partial charge in [-0.05, 0) is 117 Å². The monoisotopic (exact) mass is 857 g/mol. The highest BCUT2D eigenvalue weighted by Gasteiger charge is 2.39. The molecule has 332 valence electrons. The van der Waals surface area contributed by atoms with Gasteiger partial charge in [0.2, 0.25) is 5.91 Å². The summed E-state index contributed by atoms with van der Waals surface area (Å²) in [6.07, 6.45) is 11.0. The number of phenolic OH excluding ortho intramolecular Hbond substituents is 1. The lowest BCUT2D eigenvalue weighted by atomic mass is 9.86. The number of allylic oxidation sites excluding steroid dienone is 1. The molecule has 63 heavy (non-hydrogen) atoms. The Morgan fingerprint density at radius 2 is 1.63 bits per heavy atom. The van der Waals surface area contributed by atoms with Crippen LogP contribution in [0.3, 0.4) is 0 Å². The zero-order valence-corrected chi connectivity index (χ0v) is 36.2. The Hall–Kier alpha value is -6.02. The normalized spacial score (nSPS) is 21.5. The fourth-order valence-electron chi connectivity index (χ4n) is 10.5. The van der Waals surface area contributed by atoms with Crippen LogP contribution in [0, 0.1) is 6.92 Å². The third kappa shape index (κ3) is 8.82. The van der Waals surface area contributed by atoms with E-state index in [-0.39, 0.29) is 35.3 Å². The van der Waals surface area contributed by atoms with Crippen molar-refractivity contribution in [3.63, 3.8) is 0 Å². The average molecular weight is 858 g/mol. The number of hydrogen-bond donors (Lipinski definition) is 5. The van der Waals surface area contributed by atoms with Crippen LogP contribution in [-0.2, 0) is 4.79 Å². The number of aromatic nitrogens is 1. The van der Waals surface area contributed by atoms with E-state index in [4.69, 9.17) is 17.2 Å². The van der Waals surface area contributed by atoms with Crippen LogP contribution in [0.15, 0.2) is 84.5 Å². The smallest absolute Gasteiger partial charge is 0.328 e. The molecule has 4 aromatic rings. The largest absolute Gasteiger partial charge is 0.507 e. The Bertz CT molecular complexity index is 2470. The van der Waals surface area contributed by atoms with Crippen molar-refractivity contribution in [3.05, 3.63) is 112 Å². The highest BCUT2D eigenvalue weighted by atomic mass is 19.1. The zero-order valence-electron chi connectivity index (χ0n) is 36.2. The molecule has 1 atom stereocenters. The van der Waals surface area contributed by atoms with Crippen molar-refractivity contribution in [2.45, 2.75) is 88.3 Å². The number of carbonyl (C=O) groups is 3. The number of nitrogens with two attached hydrogens (primary N) is 3.